The van der Waals surface area contributed by atoms with Crippen molar-refractivity contribution in [2.75, 3.05) is 31.1 Å². The van der Waals surface area contributed by atoms with Crippen molar-refractivity contribution in [3.05, 3.63) is 23.9 Å². The highest BCUT2D eigenvalue weighted by Crippen LogP contribution is 2.28. The summed E-state index contributed by atoms with van der Waals surface area (Å²) in [6.45, 7) is 2.74. The van der Waals surface area contributed by atoms with Gasteiger partial charge in [-0.2, -0.15) is 17.6 Å². The second-order valence-electron chi connectivity index (χ2n) is 4.76. The van der Waals surface area contributed by atoms with Gasteiger partial charge in [-0.3, -0.25) is 0 Å². The van der Waals surface area contributed by atoms with Gasteiger partial charge >= 0.3 is 6.18 Å². The zero-order chi connectivity index (χ0) is 15.7. The van der Waals surface area contributed by atoms with Gasteiger partial charge < -0.3 is 15.2 Å². The van der Waals surface area contributed by atoms with E-state index in [4.69, 9.17) is 0 Å². The molecule has 0 radical (unpaired) electrons. The van der Waals surface area contributed by atoms with Crippen LogP contribution in [-0.2, 0) is 6.18 Å². The lowest BCUT2D eigenvalue weighted by Crippen LogP contribution is -2.44. The van der Waals surface area contributed by atoms with Gasteiger partial charge in [0, 0.05) is 26.2 Å². The van der Waals surface area contributed by atoms with Gasteiger partial charge in [0.1, 0.15) is 5.69 Å². The molecule has 0 spiro atoms. The van der Waals surface area contributed by atoms with Gasteiger partial charge in [-0.25, -0.2) is 4.98 Å². The molecule has 3 heterocycles. The summed E-state index contributed by atoms with van der Waals surface area (Å²) in [7, 11) is 0. The zero-order valence-electron chi connectivity index (χ0n) is 11.3. The van der Waals surface area contributed by atoms with Gasteiger partial charge in [-0.15, -0.1) is 10.2 Å². The molecule has 1 aliphatic heterocycles. The lowest BCUT2D eigenvalue weighted by molar-refractivity contribution is -0.144. The standard InChI is InChI=1S/C12H12F4N6/c13-9-8(22-5-3-17-4-6-22)2-1-7(18-9)10-19-11(21-20-10)12(14,15)16/h1-2,17H,3-6H2,(H,19,20,21). The number of H-pyrrole nitrogens is 1. The molecule has 2 aromatic rings. The minimum absolute atomic E-state index is 0.0283. The van der Waals surface area contributed by atoms with Crippen molar-refractivity contribution in [3.63, 3.8) is 0 Å². The van der Waals surface area contributed by atoms with E-state index < -0.39 is 17.9 Å². The number of hydrogen-bond acceptors (Lipinski definition) is 5. The molecule has 1 aliphatic rings. The van der Waals surface area contributed by atoms with Crippen molar-refractivity contribution in [2.45, 2.75) is 6.18 Å². The molecule has 0 bridgehead atoms. The summed E-state index contributed by atoms with van der Waals surface area (Å²) in [6, 6.07) is 2.90. The van der Waals surface area contributed by atoms with Crippen molar-refractivity contribution >= 4 is 5.69 Å². The van der Waals surface area contributed by atoms with Crippen LogP contribution >= 0.6 is 0 Å². The van der Waals surface area contributed by atoms with Crippen LogP contribution in [0.2, 0.25) is 0 Å². The molecule has 2 aromatic heterocycles. The topological polar surface area (TPSA) is 69.7 Å². The van der Waals surface area contributed by atoms with Crippen molar-refractivity contribution in [3.8, 4) is 11.5 Å². The second-order valence-corrected chi connectivity index (χ2v) is 4.76. The lowest BCUT2D eigenvalue weighted by Gasteiger charge is -2.29. The largest absolute Gasteiger partial charge is 0.451 e. The number of rotatable bonds is 2. The summed E-state index contributed by atoms with van der Waals surface area (Å²) >= 11 is 0. The maximum atomic E-state index is 14.1. The van der Waals surface area contributed by atoms with Gasteiger partial charge in [-0.1, -0.05) is 0 Å². The summed E-state index contributed by atoms with van der Waals surface area (Å²) in [5.74, 6) is -2.21. The summed E-state index contributed by atoms with van der Waals surface area (Å²) in [5, 5.41) is 9.50. The first-order chi connectivity index (χ1) is 10.4. The molecule has 1 saturated heterocycles. The molecular formula is C12H12F4N6. The fourth-order valence-electron chi connectivity index (χ4n) is 2.21. The lowest BCUT2D eigenvalue weighted by atomic mass is 10.2. The Morgan fingerprint density at radius 1 is 1.09 bits per heavy atom. The first-order valence-corrected chi connectivity index (χ1v) is 6.57. The third kappa shape index (κ3) is 2.86. The van der Waals surface area contributed by atoms with Crippen LogP contribution in [0.4, 0.5) is 23.2 Å². The fraction of sp³-hybridized carbons (Fsp3) is 0.417. The predicted molar refractivity (Wildman–Crippen MR) is 69.7 cm³/mol. The van der Waals surface area contributed by atoms with E-state index in [9.17, 15) is 17.6 Å². The monoisotopic (exact) mass is 316 g/mol. The second kappa shape index (κ2) is 5.52. The van der Waals surface area contributed by atoms with E-state index in [1.165, 1.54) is 12.1 Å². The Morgan fingerprint density at radius 3 is 2.41 bits per heavy atom. The molecule has 10 heteroatoms. The SMILES string of the molecule is Fc1nc(-c2nnc(C(F)(F)F)[nH]2)ccc1N1CCNCC1. The van der Waals surface area contributed by atoms with Crippen LogP contribution in [0.1, 0.15) is 5.82 Å². The van der Waals surface area contributed by atoms with Gasteiger partial charge in [0.2, 0.25) is 11.8 Å². The van der Waals surface area contributed by atoms with Crippen LogP contribution in [0.15, 0.2) is 12.1 Å². The van der Waals surface area contributed by atoms with Gasteiger partial charge in [0.15, 0.2) is 5.82 Å². The number of alkyl halides is 3. The van der Waals surface area contributed by atoms with Crippen LogP contribution in [0.5, 0.6) is 0 Å². The minimum Gasteiger partial charge on any atom is -0.365 e. The number of piperazine rings is 1. The zero-order valence-corrected chi connectivity index (χ0v) is 11.3. The van der Waals surface area contributed by atoms with Crippen molar-refractivity contribution < 1.29 is 17.6 Å². The molecule has 118 valence electrons. The number of halogens is 4. The Bertz CT molecular complexity index is 662. The molecule has 0 unspecified atom stereocenters. The van der Waals surface area contributed by atoms with E-state index in [2.05, 4.69) is 20.5 Å². The van der Waals surface area contributed by atoms with E-state index in [0.29, 0.717) is 18.8 Å². The number of aromatic nitrogens is 4. The maximum absolute atomic E-state index is 14.1. The average molecular weight is 316 g/mol. The molecule has 3 rings (SSSR count). The van der Waals surface area contributed by atoms with E-state index in [0.717, 1.165) is 13.1 Å². The molecule has 0 aliphatic carbocycles. The third-order valence-corrected chi connectivity index (χ3v) is 3.28. The molecular weight excluding hydrogens is 304 g/mol. The van der Waals surface area contributed by atoms with E-state index in [-0.39, 0.29) is 11.5 Å². The Kier molecular flexibility index (Phi) is 3.69. The molecule has 0 aromatic carbocycles. The minimum atomic E-state index is -4.63. The highest BCUT2D eigenvalue weighted by Gasteiger charge is 2.35. The fourth-order valence-corrected chi connectivity index (χ4v) is 2.21. The number of anilines is 1. The quantitative estimate of drug-likeness (QED) is 0.648. The number of nitrogens with one attached hydrogen (secondary N) is 2. The first kappa shape index (κ1) is 14.7. The van der Waals surface area contributed by atoms with Crippen LogP contribution < -0.4 is 10.2 Å². The van der Waals surface area contributed by atoms with Gasteiger partial charge in [-0.05, 0) is 12.1 Å². The number of pyridine rings is 1. The summed E-state index contributed by atoms with van der Waals surface area (Å²) in [5.41, 5.74) is 0.292. The summed E-state index contributed by atoms with van der Waals surface area (Å²) in [6.07, 6.45) is -4.63. The van der Waals surface area contributed by atoms with Crippen LogP contribution in [0.3, 0.4) is 0 Å². The van der Waals surface area contributed by atoms with Crippen molar-refractivity contribution in [1.29, 1.82) is 0 Å². The molecule has 0 saturated carbocycles. The van der Waals surface area contributed by atoms with E-state index in [1.54, 1.807) is 0 Å². The van der Waals surface area contributed by atoms with Gasteiger partial charge in [0.05, 0.1) is 5.69 Å². The first-order valence-electron chi connectivity index (χ1n) is 6.57. The molecule has 2 N–H and O–H groups in total. The van der Waals surface area contributed by atoms with Crippen molar-refractivity contribution in [2.24, 2.45) is 0 Å². The van der Waals surface area contributed by atoms with Crippen molar-refractivity contribution in [1.82, 2.24) is 25.5 Å². The Hall–Kier alpha value is -2.23. The predicted octanol–water partition coefficient (Wildman–Crippen LogP) is 1.43. The Balaban J connectivity index is 1.86. The molecule has 0 amide bonds. The van der Waals surface area contributed by atoms with Crippen LogP contribution in [0.25, 0.3) is 11.5 Å². The maximum Gasteiger partial charge on any atom is 0.451 e. The molecule has 1 fully saturated rings. The number of aromatic amines is 1. The van der Waals surface area contributed by atoms with Crippen LogP contribution in [0, 0.1) is 5.95 Å². The summed E-state index contributed by atoms with van der Waals surface area (Å²) in [4.78, 5) is 7.50. The third-order valence-electron chi connectivity index (χ3n) is 3.28. The average Bonchev–Trinajstić information content (AvgIpc) is 2.98. The van der Waals surface area contributed by atoms with E-state index in [1.807, 2.05) is 9.88 Å². The van der Waals surface area contributed by atoms with Crippen LogP contribution in [-0.4, -0.2) is 46.3 Å². The molecule has 6 nitrogen and oxygen atoms in total. The number of hydrogen-bond donors (Lipinski definition) is 2. The normalized spacial score (nSPS) is 16.1. The highest BCUT2D eigenvalue weighted by molar-refractivity contribution is 5.55. The van der Waals surface area contributed by atoms with E-state index >= 15 is 0 Å². The Morgan fingerprint density at radius 2 is 1.82 bits per heavy atom. The van der Waals surface area contributed by atoms with Gasteiger partial charge in [0.25, 0.3) is 0 Å². The number of nitrogens with zero attached hydrogens (tertiary/aromatic N) is 4. The highest BCUT2D eigenvalue weighted by atomic mass is 19.4. The Labute approximate surface area is 122 Å². The molecule has 0 atom stereocenters. The molecule has 22 heavy (non-hydrogen) atoms. The summed E-state index contributed by atoms with van der Waals surface area (Å²) < 4.78 is 51.5. The smallest absolute Gasteiger partial charge is 0.365 e.